The third-order valence-electron chi connectivity index (χ3n) is 6.85. The molecule has 2 aromatic carbocycles. The highest BCUT2D eigenvalue weighted by Gasteiger charge is 2.45. The molecule has 3 unspecified atom stereocenters. The summed E-state index contributed by atoms with van der Waals surface area (Å²) in [6.07, 6.45) is 0.761. The van der Waals surface area contributed by atoms with Gasteiger partial charge in [0.1, 0.15) is 12.2 Å². The van der Waals surface area contributed by atoms with Gasteiger partial charge in [0.2, 0.25) is 5.91 Å². The summed E-state index contributed by atoms with van der Waals surface area (Å²) in [6.45, 7) is 8.68. The van der Waals surface area contributed by atoms with E-state index in [-0.39, 0.29) is 30.6 Å². The summed E-state index contributed by atoms with van der Waals surface area (Å²) in [4.78, 5) is 42.5. The summed E-state index contributed by atoms with van der Waals surface area (Å²) in [5.41, 5.74) is 2.63. The van der Waals surface area contributed by atoms with Gasteiger partial charge in [-0.15, -0.1) is 0 Å². The van der Waals surface area contributed by atoms with Crippen molar-refractivity contribution in [3.63, 3.8) is 0 Å². The largest absolute Gasteiger partial charge is 0.447 e. The van der Waals surface area contributed by atoms with Gasteiger partial charge in [-0.05, 0) is 64.0 Å². The van der Waals surface area contributed by atoms with E-state index in [1.54, 1.807) is 4.90 Å². The molecule has 0 aromatic heterocycles. The number of imide groups is 1. The molecule has 0 bridgehead atoms. The van der Waals surface area contributed by atoms with Gasteiger partial charge in [-0.3, -0.25) is 4.79 Å². The fourth-order valence-corrected chi connectivity index (χ4v) is 4.99. The molecule has 0 spiro atoms. The molecule has 0 radical (unpaired) electrons. The number of aryl methyl sites for hydroxylation is 1. The Morgan fingerprint density at radius 3 is 2.42 bits per heavy atom. The number of hydrogen-bond acceptors (Lipinski definition) is 5. The molecule has 7 nitrogen and oxygen atoms in total. The van der Waals surface area contributed by atoms with Gasteiger partial charge >= 0.3 is 12.2 Å². The highest BCUT2D eigenvalue weighted by Crippen LogP contribution is 2.32. The van der Waals surface area contributed by atoms with Gasteiger partial charge in [0.05, 0.1) is 6.04 Å². The molecule has 0 aliphatic carbocycles. The van der Waals surface area contributed by atoms with Gasteiger partial charge in [0.25, 0.3) is 0 Å². The van der Waals surface area contributed by atoms with Crippen LogP contribution in [0.2, 0.25) is 0 Å². The van der Waals surface area contributed by atoms with E-state index in [2.05, 4.69) is 0 Å². The Bertz CT molecular complexity index is 1080. The van der Waals surface area contributed by atoms with Crippen LogP contribution in [0.1, 0.15) is 43.9 Å². The van der Waals surface area contributed by atoms with Gasteiger partial charge in [0, 0.05) is 19.0 Å². The number of amides is 3. The lowest BCUT2D eigenvalue weighted by Crippen LogP contribution is -2.46. The minimum atomic E-state index is -0.587. The first-order valence-corrected chi connectivity index (χ1v) is 12.7. The SMILES string of the molecule is Cc1ccc(CC(C(=O)N2C(=O)OCC2Cc2ccccc2)C2CCN(C(=O)OC(C)(C)C)C2)cc1. The first-order valence-electron chi connectivity index (χ1n) is 12.7. The molecule has 2 aliphatic rings. The highest BCUT2D eigenvalue weighted by molar-refractivity contribution is 5.95. The van der Waals surface area contributed by atoms with Crippen LogP contribution in [0, 0.1) is 18.8 Å². The number of carbonyl (C=O) groups is 3. The van der Waals surface area contributed by atoms with Gasteiger partial charge < -0.3 is 14.4 Å². The van der Waals surface area contributed by atoms with Crippen molar-refractivity contribution in [2.24, 2.45) is 11.8 Å². The van der Waals surface area contributed by atoms with E-state index in [0.29, 0.717) is 32.4 Å². The van der Waals surface area contributed by atoms with Crippen LogP contribution in [0.25, 0.3) is 0 Å². The van der Waals surface area contributed by atoms with Crippen molar-refractivity contribution in [3.05, 3.63) is 71.3 Å². The van der Waals surface area contributed by atoms with Crippen molar-refractivity contribution in [2.75, 3.05) is 19.7 Å². The van der Waals surface area contributed by atoms with Crippen LogP contribution in [-0.2, 0) is 27.1 Å². The minimum Gasteiger partial charge on any atom is -0.447 e. The van der Waals surface area contributed by atoms with Crippen molar-refractivity contribution in [1.82, 2.24) is 9.80 Å². The van der Waals surface area contributed by atoms with E-state index >= 15 is 0 Å². The molecule has 2 fully saturated rings. The van der Waals surface area contributed by atoms with E-state index in [9.17, 15) is 14.4 Å². The lowest BCUT2D eigenvalue weighted by atomic mass is 9.84. The van der Waals surface area contributed by atoms with Crippen molar-refractivity contribution in [1.29, 1.82) is 0 Å². The monoisotopic (exact) mass is 492 g/mol. The Balaban J connectivity index is 1.56. The van der Waals surface area contributed by atoms with E-state index < -0.39 is 17.6 Å². The second kappa shape index (κ2) is 10.7. The predicted octanol–water partition coefficient (Wildman–Crippen LogP) is 5.00. The quantitative estimate of drug-likeness (QED) is 0.567. The lowest BCUT2D eigenvalue weighted by molar-refractivity contribution is -0.135. The van der Waals surface area contributed by atoms with E-state index in [1.165, 1.54) is 4.90 Å². The van der Waals surface area contributed by atoms with E-state index in [0.717, 1.165) is 16.7 Å². The summed E-state index contributed by atoms with van der Waals surface area (Å²) >= 11 is 0. The molecule has 192 valence electrons. The standard InChI is InChI=1S/C29H36N2O5/c1-20-10-12-22(13-11-20)17-25(23-14-15-30(18-23)27(33)36-29(2,3)4)26(32)31-24(19-35-28(31)34)16-21-8-6-5-7-9-21/h5-13,23-25H,14-19H2,1-4H3. The van der Waals surface area contributed by atoms with Crippen molar-refractivity contribution >= 4 is 18.1 Å². The topological polar surface area (TPSA) is 76.2 Å². The zero-order valence-electron chi connectivity index (χ0n) is 21.6. The molecular weight excluding hydrogens is 456 g/mol. The second-order valence-electron chi connectivity index (χ2n) is 10.9. The maximum atomic E-state index is 14.0. The number of benzene rings is 2. The van der Waals surface area contributed by atoms with Crippen molar-refractivity contribution in [2.45, 2.75) is 58.6 Å². The maximum Gasteiger partial charge on any atom is 0.416 e. The number of likely N-dealkylation sites (tertiary alicyclic amines) is 1. The Kier molecular flexibility index (Phi) is 7.67. The molecule has 36 heavy (non-hydrogen) atoms. The molecule has 0 saturated carbocycles. The smallest absolute Gasteiger partial charge is 0.416 e. The van der Waals surface area contributed by atoms with Gasteiger partial charge in [-0.2, -0.15) is 0 Å². The normalized spacial score (nSPS) is 20.8. The molecule has 2 heterocycles. The van der Waals surface area contributed by atoms with Crippen LogP contribution >= 0.6 is 0 Å². The predicted molar refractivity (Wildman–Crippen MR) is 136 cm³/mol. The van der Waals surface area contributed by atoms with Gasteiger partial charge in [-0.1, -0.05) is 60.2 Å². The number of hydrogen-bond donors (Lipinski definition) is 0. The fourth-order valence-electron chi connectivity index (χ4n) is 4.99. The molecule has 0 N–H and O–H groups in total. The van der Waals surface area contributed by atoms with Gasteiger partial charge in [-0.25, -0.2) is 14.5 Å². The van der Waals surface area contributed by atoms with Crippen molar-refractivity contribution < 1.29 is 23.9 Å². The highest BCUT2D eigenvalue weighted by atomic mass is 16.6. The second-order valence-corrected chi connectivity index (χ2v) is 10.9. The maximum absolute atomic E-state index is 14.0. The average molecular weight is 493 g/mol. The number of nitrogens with zero attached hydrogens (tertiary/aromatic N) is 2. The van der Waals surface area contributed by atoms with E-state index in [4.69, 9.17) is 9.47 Å². The van der Waals surface area contributed by atoms with Crippen LogP contribution in [0.15, 0.2) is 54.6 Å². The molecule has 2 aromatic rings. The Hall–Kier alpha value is -3.35. The minimum absolute atomic E-state index is 0.0860. The summed E-state index contributed by atoms with van der Waals surface area (Å²) in [6, 6.07) is 17.6. The number of carbonyl (C=O) groups excluding carboxylic acids is 3. The molecule has 3 amide bonds. The average Bonchev–Trinajstić information content (AvgIpc) is 3.45. The molecule has 7 heteroatoms. The lowest BCUT2D eigenvalue weighted by Gasteiger charge is -2.29. The molecule has 2 saturated heterocycles. The Labute approximate surface area is 213 Å². The Morgan fingerprint density at radius 1 is 1.06 bits per heavy atom. The number of cyclic esters (lactones) is 1. The molecular formula is C29H36N2O5. The third-order valence-corrected chi connectivity index (χ3v) is 6.85. The summed E-state index contributed by atoms with van der Waals surface area (Å²) < 4.78 is 10.9. The molecule has 2 aliphatic heterocycles. The summed E-state index contributed by atoms with van der Waals surface area (Å²) in [5, 5.41) is 0. The van der Waals surface area contributed by atoms with Gasteiger partial charge in [0.15, 0.2) is 0 Å². The van der Waals surface area contributed by atoms with Crippen molar-refractivity contribution in [3.8, 4) is 0 Å². The zero-order chi connectivity index (χ0) is 25.9. The summed E-state index contributed by atoms with van der Waals surface area (Å²) in [7, 11) is 0. The van der Waals surface area contributed by atoms with Crippen LogP contribution in [0.3, 0.4) is 0 Å². The van der Waals surface area contributed by atoms with Crippen LogP contribution in [0.5, 0.6) is 0 Å². The van der Waals surface area contributed by atoms with Crippen LogP contribution in [-0.4, -0.2) is 59.2 Å². The molecule has 3 atom stereocenters. The zero-order valence-corrected chi connectivity index (χ0v) is 21.6. The summed E-state index contributed by atoms with van der Waals surface area (Å²) in [5.74, 6) is -0.767. The number of rotatable bonds is 6. The first-order chi connectivity index (χ1) is 17.1. The van der Waals surface area contributed by atoms with E-state index in [1.807, 2.05) is 82.3 Å². The van der Waals surface area contributed by atoms with Crippen LogP contribution < -0.4 is 0 Å². The number of ether oxygens (including phenoxy) is 2. The van der Waals surface area contributed by atoms with Crippen LogP contribution in [0.4, 0.5) is 9.59 Å². The Morgan fingerprint density at radius 2 is 1.75 bits per heavy atom. The third kappa shape index (κ3) is 6.25. The molecule has 4 rings (SSSR count). The first kappa shape index (κ1) is 25.7. The fraction of sp³-hybridized carbons (Fsp3) is 0.483.